The van der Waals surface area contributed by atoms with E-state index in [1.165, 1.54) is 0 Å². The Bertz CT molecular complexity index is 679. The van der Waals surface area contributed by atoms with Crippen molar-refractivity contribution in [1.29, 1.82) is 0 Å². The zero-order valence-corrected chi connectivity index (χ0v) is 13.8. The summed E-state index contributed by atoms with van der Waals surface area (Å²) in [6.45, 7) is 7.19. The quantitative estimate of drug-likeness (QED) is 0.874. The van der Waals surface area contributed by atoms with Gasteiger partial charge in [0.15, 0.2) is 5.76 Å². The monoisotopic (exact) mass is 314 g/mol. The highest BCUT2D eigenvalue weighted by molar-refractivity contribution is 5.79. The number of hydrogen-bond donors (Lipinski definition) is 0. The van der Waals surface area contributed by atoms with Crippen molar-refractivity contribution in [3.63, 3.8) is 0 Å². The largest absolute Gasteiger partial charge is 0.374 e. The number of ether oxygens (including phenoxy) is 1. The van der Waals surface area contributed by atoms with Crippen molar-refractivity contribution in [2.75, 3.05) is 13.2 Å². The predicted molar refractivity (Wildman–Crippen MR) is 86.8 cm³/mol. The first kappa shape index (κ1) is 15.7. The highest BCUT2D eigenvalue weighted by Crippen LogP contribution is 2.24. The maximum absolute atomic E-state index is 12.7. The molecule has 0 aliphatic carbocycles. The van der Waals surface area contributed by atoms with E-state index in [0.717, 1.165) is 5.56 Å². The summed E-state index contributed by atoms with van der Waals surface area (Å²) in [7, 11) is 0. The van der Waals surface area contributed by atoms with Crippen LogP contribution in [-0.2, 0) is 16.0 Å². The highest BCUT2D eigenvalue weighted by Gasteiger charge is 2.36. The van der Waals surface area contributed by atoms with Crippen molar-refractivity contribution in [2.45, 2.75) is 38.8 Å². The lowest BCUT2D eigenvalue weighted by atomic mass is 10.00. The number of hydrogen-bond acceptors (Lipinski definition) is 4. The summed E-state index contributed by atoms with van der Waals surface area (Å²) in [5.41, 5.74) is 1.32. The van der Waals surface area contributed by atoms with E-state index in [1.807, 2.05) is 62.1 Å². The van der Waals surface area contributed by atoms with Crippen LogP contribution in [0.25, 0.3) is 11.3 Å². The number of nitrogens with zero attached hydrogens (tertiary/aromatic N) is 2. The summed E-state index contributed by atoms with van der Waals surface area (Å²) in [4.78, 5) is 14.6. The van der Waals surface area contributed by atoms with Crippen LogP contribution in [0.15, 0.2) is 40.9 Å². The van der Waals surface area contributed by atoms with Gasteiger partial charge in [0.2, 0.25) is 5.91 Å². The summed E-state index contributed by atoms with van der Waals surface area (Å²) >= 11 is 0. The van der Waals surface area contributed by atoms with Gasteiger partial charge in [-0.15, -0.1) is 0 Å². The van der Waals surface area contributed by atoms with Crippen molar-refractivity contribution in [3.05, 3.63) is 42.1 Å². The van der Waals surface area contributed by atoms with Crippen LogP contribution < -0.4 is 0 Å². The average Bonchev–Trinajstić information content (AvgIpc) is 2.99. The lowest BCUT2D eigenvalue weighted by Crippen LogP contribution is -2.58. The second-order valence-corrected chi connectivity index (χ2v) is 6.66. The number of carbonyl (C=O) groups excluding carboxylic acids is 1. The van der Waals surface area contributed by atoms with Crippen LogP contribution in [0.1, 0.15) is 26.5 Å². The lowest BCUT2D eigenvalue weighted by Gasteiger charge is -2.44. The molecule has 23 heavy (non-hydrogen) atoms. The van der Waals surface area contributed by atoms with E-state index in [0.29, 0.717) is 24.6 Å². The van der Waals surface area contributed by atoms with E-state index in [-0.39, 0.29) is 24.0 Å². The normalized spacial score (nSPS) is 20.5. The maximum Gasteiger partial charge on any atom is 0.229 e. The Balaban J connectivity index is 1.72. The van der Waals surface area contributed by atoms with Gasteiger partial charge < -0.3 is 14.2 Å². The number of rotatable bonds is 3. The van der Waals surface area contributed by atoms with Crippen LogP contribution in [0.5, 0.6) is 0 Å². The second kappa shape index (κ2) is 6.16. The van der Waals surface area contributed by atoms with E-state index in [4.69, 9.17) is 9.26 Å². The fourth-order valence-electron chi connectivity index (χ4n) is 2.80. The van der Waals surface area contributed by atoms with Crippen LogP contribution >= 0.6 is 0 Å². The topological polar surface area (TPSA) is 55.6 Å². The first-order valence-electron chi connectivity index (χ1n) is 7.89. The van der Waals surface area contributed by atoms with Crippen LogP contribution in [0.3, 0.4) is 0 Å². The summed E-state index contributed by atoms with van der Waals surface area (Å²) in [6.07, 6.45) is 0.302. The van der Waals surface area contributed by atoms with E-state index < -0.39 is 0 Å². The van der Waals surface area contributed by atoms with Crippen molar-refractivity contribution < 1.29 is 14.1 Å². The first-order chi connectivity index (χ1) is 11.0. The number of amides is 1. The number of aromatic nitrogens is 1. The first-order valence-corrected chi connectivity index (χ1v) is 7.89. The molecular weight excluding hydrogens is 292 g/mol. The molecule has 0 N–H and O–H groups in total. The van der Waals surface area contributed by atoms with Crippen LogP contribution in [-0.4, -0.2) is 40.8 Å². The molecule has 5 nitrogen and oxygen atoms in total. The zero-order chi connectivity index (χ0) is 16.4. The third-order valence-electron chi connectivity index (χ3n) is 4.14. The van der Waals surface area contributed by atoms with Crippen molar-refractivity contribution in [3.8, 4) is 11.3 Å². The minimum atomic E-state index is -0.296. The van der Waals surface area contributed by atoms with Crippen molar-refractivity contribution >= 4 is 5.91 Å². The molecule has 1 aliphatic heterocycles. The number of morpholine rings is 1. The van der Waals surface area contributed by atoms with Gasteiger partial charge in [-0.05, 0) is 20.8 Å². The summed E-state index contributed by atoms with van der Waals surface area (Å²) in [6, 6.07) is 11.6. The highest BCUT2D eigenvalue weighted by atomic mass is 16.5. The third-order valence-corrected chi connectivity index (χ3v) is 4.14. The van der Waals surface area contributed by atoms with Crippen molar-refractivity contribution in [2.24, 2.45) is 0 Å². The van der Waals surface area contributed by atoms with Crippen molar-refractivity contribution in [1.82, 2.24) is 10.1 Å². The molecule has 1 aromatic carbocycles. The smallest absolute Gasteiger partial charge is 0.229 e. The molecule has 1 amide bonds. The third kappa shape index (κ3) is 3.45. The Morgan fingerprint density at radius 3 is 2.83 bits per heavy atom. The van der Waals surface area contributed by atoms with Crippen LogP contribution in [0, 0.1) is 0 Å². The van der Waals surface area contributed by atoms with E-state index in [1.54, 1.807) is 0 Å². The Kier molecular flexibility index (Phi) is 4.22. The molecule has 1 unspecified atom stereocenters. The van der Waals surface area contributed by atoms with Gasteiger partial charge in [0.1, 0.15) is 0 Å². The van der Waals surface area contributed by atoms with Gasteiger partial charge in [0.05, 0.1) is 30.4 Å². The molecule has 1 aliphatic rings. The molecule has 0 saturated carbocycles. The zero-order valence-electron chi connectivity index (χ0n) is 13.8. The minimum Gasteiger partial charge on any atom is -0.374 e. The average molecular weight is 314 g/mol. The van der Waals surface area contributed by atoms with Gasteiger partial charge in [0.25, 0.3) is 0 Å². The van der Waals surface area contributed by atoms with Gasteiger partial charge in [-0.2, -0.15) is 0 Å². The van der Waals surface area contributed by atoms with Crippen LogP contribution in [0.2, 0.25) is 0 Å². The molecule has 1 aromatic heterocycles. The molecule has 1 fully saturated rings. The maximum atomic E-state index is 12.7. The molecule has 1 atom stereocenters. The Hall–Kier alpha value is -2.14. The van der Waals surface area contributed by atoms with Gasteiger partial charge in [-0.1, -0.05) is 35.5 Å². The fraction of sp³-hybridized carbons (Fsp3) is 0.444. The molecule has 122 valence electrons. The number of carbonyl (C=O) groups is 1. The Morgan fingerprint density at radius 2 is 2.09 bits per heavy atom. The summed E-state index contributed by atoms with van der Waals surface area (Å²) < 4.78 is 11.0. The predicted octanol–water partition coefficient (Wildman–Crippen LogP) is 2.91. The molecule has 5 heteroatoms. The molecular formula is C18H22N2O3. The van der Waals surface area contributed by atoms with Crippen LogP contribution in [0.4, 0.5) is 0 Å². The summed E-state index contributed by atoms with van der Waals surface area (Å²) in [5.74, 6) is 0.737. The number of benzene rings is 1. The molecule has 1 saturated heterocycles. The lowest BCUT2D eigenvalue weighted by molar-refractivity contribution is -0.152. The molecule has 0 spiro atoms. The standard InChI is InChI=1S/C18H22N2O3/c1-13-11-20(18(2,3)12-22-13)17(21)10-15-9-16(23-19-15)14-7-5-4-6-8-14/h4-9,13H,10-12H2,1-3H3. The van der Waals surface area contributed by atoms with E-state index in [9.17, 15) is 4.79 Å². The van der Waals surface area contributed by atoms with Gasteiger partial charge in [-0.25, -0.2) is 0 Å². The van der Waals surface area contributed by atoms with Gasteiger partial charge in [0, 0.05) is 18.2 Å². The molecule has 2 aromatic rings. The Labute approximate surface area is 136 Å². The molecule has 0 bridgehead atoms. The fourth-order valence-corrected chi connectivity index (χ4v) is 2.80. The Morgan fingerprint density at radius 1 is 1.35 bits per heavy atom. The summed E-state index contributed by atoms with van der Waals surface area (Å²) in [5, 5.41) is 4.04. The van der Waals surface area contributed by atoms with E-state index >= 15 is 0 Å². The second-order valence-electron chi connectivity index (χ2n) is 6.66. The SMILES string of the molecule is CC1CN(C(=O)Cc2cc(-c3ccccc3)on2)C(C)(C)CO1. The molecule has 2 heterocycles. The van der Waals surface area contributed by atoms with E-state index in [2.05, 4.69) is 5.16 Å². The van der Waals surface area contributed by atoms with Gasteiger partial charge >= 0.3 is 0 Å². The minimum absolute atomic E-state index is 0.0538. The van der Waals surface area contributed by atoms with Gasteiger partial charge in [-0.3, -0.25) is 4.79 Å². The molecule has 0 radical (unpaired) electrons. The molecule has 3 rings (SSSR count).